The number of hydrogen-bond acceptors (Lipinski definition) is 6. The lowest BCUT2D eigenvalue weighted by atomic mass is 10.0. The second-order valence-electron chi connectivity index (χ2n) is 22.4. The Morgan fingerprint density at radius 3 is 0.805 bits per heavy atom. The van der Waals surface area contributed by atoms with Crippen molar-refractivity contribution >= 4 is 17.9 Å². The van der Waals surface area contributed by atoms with Crippen LogP contribution in [0.1, 0.15) is 342 Å². The van der Waals surface area contributed by atoms with Gasteiger partial charge in [0.1, 0.15) is 13.2 Å². The molecule has 0 aromatic carbocycles. The fourth-order valence-electron chi connectivity index (χ4n) is 9.70. The monoisotopic (exact) mass is 1070 g/mol. The summed E-state index contributed by atoms with van der Waals surface area (Å²) >= 11 is 0. The van der Waals surface area contributed by atoms with E-state index in [-0.39, 0.29) is 31.1 Å². The van der Waals surface area contributed by atoms with E-state index in [0.717, 1.165) is 89.9 Å². The van der Waals surface area contributed by atoms with E-state index in [1.807, 2.05) is 0 Å². The topological polar surface area (TPSA) is 78.9 Å². The average molecular weight is 1080 g/mol. The highest BCUT2D eigenvalue weighted by atomic mass is 16.6. The van der Waals surface area contributed by atoms with E-state index < -0.39 is 6.10 Å². The van der Waals surface area contributed by atoms with Gasteiger partial charge in [-0.3, -0.25) is 14.4 Å². The minimum Gasteiger partial charge on any atom is -0.462 e. The fraction of sp³-hybridized carbons (Fsp3) is 0.789. The molecule has 446 valence electrons. The van der Waals surface area contributed by atoms with Gasteiger partial charge in [0, 0.05) is 19.3 Å². The quantitative estimate of drug-likeness (QED) is 0.0261. The zero-order valence-corrected chi connectivity index (χ0v) is 51.2. The van der Waals surface area contributed by atoms with E-state index in [2.05, 4.69) is 93.7 Å². The lowest BCUT2D eigenvalue weighted by Gasteiger charge is -2.18. The third kappa shape index (κ3) is 63.6. The number of carbonyl (C=O) groups excluding carboxylic acids is 3. The molecule has 0 aliphatic heterocycles. The van der Waals surface area contributed by atoms with Crippen molar-refractivity contribution in [3.8, 4) is 0 Å². The van der Waals surface area contributed by atoms with Crippen LogP contribution in [-0.4, -0.2) is 37.2 Å². The fourth-order valence-corrected chi connectivity index (χ4v) is 9.70. The van der Waals surface area contributed by atoms with Crippen molar-refractivity contribution in [1.29, 1.82) is 0 Å². The first-order valence-electron chi connectivity index (χ1n) is 33.4. The van der Waals surface area contributed by atoms with Crippen LogP contribution >= 0.6 is 0 Å². The average Bonchev–Trinajstić information content (AvgIpc) is 3.43. The second-order valence-corrected chi connectivity index (χ2v) is 22.4. The molecule has 0 amide bonds. The molecule has 0 bridgehead atoms. The first kappa shape index (κ1) is 73.8. The third-order valence-electron chi connectivity index (χ3n) is 14.7. The van der Waals surface area contributed by atoms with Crippen molar-refractivity contribution in [2.45, 2.75) is 348 Å². The number of rotatable bonds is 61. The van der Waals surface area contributed by atoms with Gasteiger partial charge in [-0.15, -0.1) is 0 Å². The van der Waals surface area contributed by atoms with Crippen LogP contribution in [0, 0.1) is 0 Å². The maximum absolute atomic E-state index is 12.9. The molecule has 0 fully saturated rings. The first-order chi connectivity index (χ1) is 38.0. The van der Waals surface area contributed by atoms with Crippen molar-refractivity contribution in [2.75, 3.05) is 13.2 Å². The van der Waals surface area contributed by atoms with Crippen molar-refractivity contribution in [2.24, 2.45) is 0 Å². The molecule has 1 unspecified atom stereocenters. The smallest absolute Gasteiger partial charge is 0.306 e. The highest BCUT2D eigenvalue weighted by Gasteiger charge is 2.19. The van der Waals surface area contributed by atoms with Gasteiger partial charge in [0.15, 0.2) is 6.10 Å². The Kier molecular flexibility index (Phi) is 62.7. The second kappa shape index (κ2) is 65.4. The maximum Gasteiger partial charge on any atom is 0.306 e. The minimum absolute atomic E-state index is 0.0726. The predicted octanol–water partition coefficient (Wildman–Crippen LogP) is 22.9. The molecule has 6 heteroatoms. The van der Waals surface area contributed by atoms with Crippen molar-refractivity contribution in [3.63, 3.8) is 0 Å². The van der Waals surface area contributed by atoms with Crippen LogP contribution in [0.2, 0.25) is 0 Å². The van der Waals surface area contributed by atoms with E-state index in [9.17, 15) is 14.4 Å². The molecule has 0 aliphatic rings. The summed E-state index contributed by atoms with van der Waals surface area (Å²) in [5, 5.41) is 0. The zero-order chi connectivity index (χ0) is 55.7. The molecule has 0 rings (SSSR count). The Balaban J connectivity index is 4.18. The molecule has 0 radical (unpaired) electrons. The van der Waals surface area contributed by atoms with E-state index in [4.69, 9.17) is 14.2 Å². The Bertz CT molecular complexity index is 1420. The number of hydrogen-bond donors (Lipinski definition) is 0. The summed E-state index contributed by atoms with van der Waals surface area (Å²) < 4.78 is 16.9. The summed E-state index contributed by atoms with van der Waals surface area (Å²) in [5.74, 6) is -0.862. The number of ether oxygens (including phenoxy) is 3. The van der Waals surface area contributed by atoms with Crippen LogP contribution in [0.25, 0.3) is 0 Å². The molecule has 0 saturated carbocycles. The molecule has 0 aromatic heterocycles. The molecule has 0 heterocycles. The molecule has 6 nitrogen and oxygen atoms in total. The summed E-state index contributed by atoms with van der Waals surface area (Å²) in [6.45, 7) is 6.55. The molecule has 77 heavy (non-hydrogen) atoms. The number of carbonyl (C=O) groups is 3. The van der Waals surface area contributed by atoms with Crippen LogP contribution in [-0.2, 0) is 28.6 Å². The summed E-state index contributed by atoms with van der Waals surface area (Å²) in [5.41, 5.74) is 0. The van der Waals surface area contributed by atoms with E-state index in [1.165, 1.54) is 212 Å². The Morgan fingerprint density at radius 1 is 0.273 bits per heavy atom. The molecule has 0 saturated heterocycles. The zero-order valence-electron chi connectivity index (χ0n) is 51.2. The van der Waals surface area contributed by atoms with Crippen LogP contribution in [0.5, 0.6) is 0 Å². The maximum atomic E-state index is 12.9. The number of esters is 3. The van der Waals surface area contributed by atoms with Crippen LogP contribution in [0.3, 0.4) is 0 Å². The van der Waals surface area contributed by atoms with Crippen LogP contribution in [0.15, 0.2) is 72.9 Å². The molecular weight excluding hydrogens is 949 g/mol. The highest BCUT2D eigenvalue weighted by molar-refractivity contribution is 5.71. The SMILES string of the molecule is CC/C=C\C/C=C\C/C=C\C/C=C\C/C=C\CCCCCCCCCCCCCC(=O)OCC(COC(=O)CCCCCCCCCCC)OC(=O)CCCCCCCCCCCCC/C=C\CCCCCCCCCC. The summed E-state index contributed by atoms with van der Waals surface area (Å²) in [4.78, 5) is 38.2. The van der Waals surface area contributed by atoms with Crippen LogP contribution < -0.4 is 0 Å². The van der Waals surface area contributed by atoms with Crippen molar-refractivity contribution < 1.29 is 28.6 Å². The molecule has 0 N–H and O–H groups in total. The predicted molar refractivity (Wildman–Crippen MR) is 335 cm³/mol. The third-order valence-corrected chi connectivity index (χ3v) is 14.7. The van der Waals surface area contributed by atoms with Crippen molar-refractivity contribution in [1.82, 2.24) is 0 Å². The standard InChI is InChI=1S/C71H126O6/c1-4-7-10-13-16-19-21-23-25-27-29-31-33-34-35-36-38-39-41-43-45-47-49-52-55-58-61-64-70(73)76-67-68(66-75-69(72)63-60-57-54-51-18-15-12-9-6-3)77-71(74)65-62-59-56-53-50-48-46-44-42-40-37-32-30-28-26-24-22-20-17-14-11-8-5-2/h7,10,16,19,23,25,28-31,34-35,68H,4-6,8-9,11-15,17-18,20-22,24,26-27,32-33,36-67H2,1-3H3/b10-7-,19-16-,25-23-,30-28-,31-29-,35-34-. The van der Waals surface area contributed by atoms with E-state index >= 15 is 0 Å². The highest BCUT2D eigenvalue weighted by Crippen LogP contribution is 2.17. The van der Waals surface area contributed by atoms with Gasteiger partial charge in [-0.05, 0) is 89.9 Å². The molecule has 0 aliphatic carbocycles. The van der Waals surface area contributed by atoms with Gasteiger partial charge in [0.2, 0.25) is 0 Å². The van der Waals surface area contributed by atoms with E-state index in [1.54, 1.807) is 0 Å². The Labute approximate surface area is 478 Å². The van der Waals surface area contributed by atoms with Crippen molar-refractivity contribution in [3.05, 3.63) is 72.9 Å². The van der Waals surface area contributed by atoms with Gasteiger partial charge in [0.05, 0.1) is 0 Å². The Hall–Kier alpha value is -3.15. The minimum atomic E-state index is -0.775. The number of unbranched alkanes of at least 4 members (excludes halogenated alkanes) is 38. The lowest BCUT2D eigenvalue weighted by molar-refractivity contribution is -0.167. The molecule has 0 aromatic rings. The molecular formula is C71H126O6. The summed E-state index contributed by atoms with van der Waals surface area (Å²) in [6.07, 6.45) is 85.0. The molecule has 1 atom stereocenters. The lowest BCUT2D eigenvalue weighted by Crippen LogP contribution is -2.30. The van der Waals surface area contributed by atoms with Gasteiger partial charge < -0.3 is 14.2 Å². The van der Waals surface area contributed by atoms with Gasteiger partial charge >= 0.3 is 17.9 Å². The Morgan fingerprint density at radius 2 is 0.506 bits per heavy atom. The summed E-state index contributed by atoms with van der Waals surface area (Å²) in [6, 6.07) is 0. The molecule has 0 spiro atoms. The summed E-state index contributed by atoms with van der Waals surface area (Å²) in [7, 11) is 0. The van der Waals surface area contributed by atoms with E-state index in [0.29, 0.717) is 19.3 Å². The normalized spacial score (nSPS) is 12.5. The van der Waals surface area contributed by atoms with Gasteiger partial charge in [-0.1, -0.05) is 306 Å². The van der Waals surface area contributed by atoms with Gasteiger partial charge in [-0.2, -0.15) is 0 Å². The van der Waals surface area contributed by atoms with Gasteiger partial charge in [-0.25, -0.2) is 0 Å². The van der Waals surface area contributed by atoms with Crippen LogP contribution in [0.4, 0.5) is 0 Å². The largest absolute Gasteiger partial charge is 0.462 e. The van der Waals surface area contributed by atoms with Gasteiger partial charge in [0.25, 0.3) is 0 Å². The first-order valence-corrected chi connectivity index (χ1v) is 33.4. The number of allylic oxidation sites excluding steroid dienone is 12.